The van der Waals surface area contributed by atoms with E-state index in [1.807, 2.05) is 28.9 Å². The third kappa shape index (κ3) is 5.86. The fourth-order valence-corrected chi connectivity index (χ4v) is 6.30. The van der Waals surface area contributed by atoms with Crippen molar-refractivity contribution in [1.29, 1.82) is 0 Å². The molecule has 1 N–H and O–H groups in total. The highest BCUT2D eigenvalue weighted by Gasteiger charge is 2.30. The highest BCUT2D eigenvalue weighted by atomic mass is 35.5. The van der Waals surface area contributed by atoms with E-state index in [0.717, 1.165) is 48.7 Å². The SMILES string of the molecule is Cc1ccccc1N1CCN(CC(O)Cn2nc(-c3ccc(Cl)cc3)c3c2CCN(S(C)(=O)=O)C3)CC1. The fourth-order valence-electron chi connectivity index (χ4n) is 5.38. The van der Waals surface area contributed by atoms with Crippen LogP contribution in [0.1, 0.15) is 16.8 Å². The summed E-state index contributed by atoms with van der Waals surface area (Å²) in [6.45, 7) is 7.41. The molecule has 37 heavy (non-hydrogen) atoms. The number of fused-ring (bicyclic) bond motifs is 1. The summed E-state index contributed by atoms with van der Waals surface area (Å²) in [6.07, 6.45) is 1.22. The second-order valence-corrected chi connectivity index (χ2v) is 12.5. The van der Waals surface area contributed by atoms with Gasteiger partial charge in [-0.05, 0) is 30.7 Å². The molecule has 8 nitrogen and oxygen atoms in total. The lowest BCUT2D eigenvalue weighted by Crippen LogP contribution is -2.49. The third-order valence-corrected chi connectivity index (χ3v) is 8.87. The van der Waals surface area contributed by atoms with Crippen LogP contribution in [0.15, 0.2) is 48.5 Å². The minimum atomic E-state index is -3.32. The molecule has 198 valence electrons. The van der Waals surface area contributed by atoms with Crippen molar-refractivity contribution in [2.24, 2.45) is 0 Å². The molecule has 3 heterocycles. The summed E-state index contributed by atoms with van der Waals surface area (Å²) in [4.78, 5) is 4.72. The highest BCUT2D eigenvalue weighted by molar-refractivity contribution is 7.88. The molecule has 1 aromatic heterocycles. The van der Waals surface area contributed by atoms with E-state index in [9.17, 15) is 13.5 Å². The standard InChI is InChI=1S/C27H34ClN5O3S/c1-20-5-3-4-6-25(20)31-15-13-30(14-16-31)17-23(34)18-33-26-11-12-32(37(2,35)36)19-24(26)27(29-33)21-7-9-22(28)10-8-21/h3-10,23,34H,11-19H2,1-2H3. The zero-order valence-electron chi connectivity index (χ0n) is 21.3. The summed E-state index contributed by atoms with van der Waals surface area (Å²) in [7, 11) is -3.32. The van der Waals surface area contributed by atoms with Crippen molar-refractivity contribution >= 4 is 27.3 Å². The molecule has 1 fully saturated rings. The lowest BCUT2D eigenvalue weighted by atomic mass is 10.0. The number of hydrogen-bond acceptors (Lipinski definition) is 6. The van der Waals surface area contributed by atoms with Crippen molar-refractivity contribution in [3.8, 4) is 11.3 Å². The molecule has 0 amide bonds. The molecule has 5 rings (SSSR count). The first kappa shape index (κ1) is 26.2. The van der Waals surface area contributed by atoms with E-state index >= 15 is 0 Å². The van der Waals surface area contributed by atoms with Crippen molar-refractivity contribution in [3.05, 3.63) is 70.4 Å². The van der Waals surface area contributed by atoms with E-state index in [1.165, 1.54) is 21.8 Å². The number of hydrogen-bond donors (Lipinski definition) is 1. The van der Waals surface area contributed by atoms with Gasteiger partial charge in [-0.25, -0.2) is 8.42 Å². The number of halogens is 1. The Morgan fingerprint density at radius 3 is 2.38 bits per heavy atom. The number of sulfonamides is 1. The first-order chi connectivity index (χ1) is 17.7. The van der Waals surface area contributed by atoms with Gasteiger partial charge in [-0.1, -0.05) is 41.9 Å². The van der Waals surface area contributed by atoms with Crippen LogP contribution in [0.25, 0.3) is 11.3 Å². The molecule has 2 aromatic carbocycles. The van der Waals surface area contributed by atoms with E-state index < -0.39 is 16.1 Å². The van der Waals surface area contributed by atoms with Crippen LogP contribution in [-0.4, -0.2) is 84.1 Å². The number of anilines is 1. The van der Waals surface area contributed by atoms with Gasteiger partial charge in [0, 0.05) is 79.8 Å². The second kappa shape index (κ2) is 10.7. The highest BCUT2D eigenvalue weighted by Crippen LogP contribution is 2.32. The molecule has 3 aromatic rings. The molecule has 0 aliphatic carbocycles. The van der Waals surface area contributed by atoms with Crippen LogP contribution in [0.2, 0.25) is 5.02 Å². The van der Waals surface area contributed by atoms with Crippen molar-refractivity contribution < 1.29 is 13.5 Å². The van der Waals surface area contributed by atoms with Crippen LogP contribution < -0.4 is 4.90 Å². The second-order valence-electron chi connectivity index (χ2n) is 10.0. The Balaban J connectivity index is 1.29. The summed E-state index contributed by atoms with van der Waals surface area (Å²) < 4.78 is 27.9. The van der Waals surface area contributed by atoms with E-state index in [4.69, 9.17) is 16.7 Å². The number of nitrogens with zero attached hydrogens (tertiary/aromatic N) is 5. The van der Waals surface area contributed by atoms with Crippen LogP contribution >= 0.6 is 11.6 Å². The smallest absolute Gasteiger partial charge is 0.211 e. The summed E-state index contributed by atoms with van der Waals surface area (Å²) in [5, 5.41) is 16.5. The van der Waals surface area contributed by atoms with Crippen molar-refractivity contribution in [2.45, 2.75) is 32.5 Å². The lowest BCUT2D eigenvalue weighted by molar-refractivity contribution is 0.0911. The first-order valence-corrected chi connectivity index (χ1v) is 14.9. The number of benzene rings is 2. The van der Waals surface area contributed by atoms with Crippen LogP contribution in [0.4, 0.5) is 5.69 Å². The maximum atomic E-state index is 12.3. The van der Waals surface area contributed by atoms with Gasteiger partial charge in [0.1, 0.15) is 0 Å². The van der Waals surface area contributed by atoms with Gasteiger partial charge in [0.2, 0.25) is 10.0 Å². The number of aromatic nitrogens is 2. The average molecular weight is 544 g/mol. The zero-order valence-corrected chi connectivity index (χ0v) is 22.9. The Kier molecular flexibility index (Phi) is 7.60. The summed E-state index contributed by atoms with van der Waals surface area (Å²) in [6, 6.07) is 15.9. The topological polar surface area (TPSA) is 81.9 Å². The molecule has 1 atom stereocenters. The van der Waals surface area contributed by atoms with E-state index in [2.05, 4.69) is 41.0 Å². The fraction of sp³-hybridized carbons (Fsp3) is 0.444. The first-order valence-electron chi connectivity index (χ1n) is 12.7. The van der Waals surface area contributed by atoms with Gasteiger partial charge < -0.3 is 10.0 Å². The van der Waals surface area contributed by atoms with Crippen LogP contribution in [0.5, 0.6) is 0 Å². The minimum absolute atomic E-state index is 0.281. The average Bonchev–Trinajstić information content (AvgIpc) is 3.22. The van der Waals surface area contributed by atoms with E-state index in [1.54, 1.807) is 0 Å². The molecule has 0 radical (unpaired) electrons. The third-order valence-electron chi connectivity index (χ3n) is 7.37. The van der Waals surface area contributed by atoms with Crippen LogP contribution in [-0.2, 0) is 29.5 Å². The summed E-state index contributed by atoms with van der Waals surface area (Å²) in [5.74, 6) is 0. The van der Waals surface area contributed by atoms with Crippen molar-refractivity contribution in [3.63, 3.8) is 0 Å². The zero-order chi connectivity index (χ0) is 26.2. The van der Waals surface area contributed by atoms with Crippen LogP contribution in [0, 0.1) is 6.92 Å². The molecular weight excluding hydrogens is 510 g/mol. The molecule has 10 heteroatoms. The lowest BCUT2D eigenvalue weighted by Gasteiger charge is -2.37. The summed E-state index contributed by atoms with van der Waals surface area (Å²) in [5.41, 5.74) is 6.09. The molecule has 1 saturated heterocycles. The van der Waals surface area contributed by atoms with Crippen LogP contribution in [0.3, 0.4) is 0 Å². The van der Waals surface area contributed by atoms with Gasteiger partial charge in [0.15, 0.2) is 0 Å². The normalized spacial score (nSPS) is 18.1. The Labute approximate surface area is 224 Å². The minimum Gasteiger partial charge on any atom is -0.390 e. The maximum Gasteiger partial charge on any atom is 0.211 e. The number of aliphatic hydroxyl groups excluding tert-OH is 1. The van der Waals surface area contributed by atoms with E-state index in [0.29, 0.717) is 31.1 Å². The van der Waals surface area contributed by atoms with Gasteiger partial charge in [0.05, 0.1) is 24.6 Å². The molecule has 2 aliphatic heterocycles. The monoisotopic (exact) mass is 543 g/mol. The van der Waals surface area contributed by atoms with Gasteiger partial charge >= 0.3 is 0 Å². The number of aryl methyl sites for hydroxylation is 1. The Morgan fingerprint density at radius 1 is 1.00 bits per heavy atom. The number of β-amino-alcohol motifs (C(OH)–C–C–N with tert-alkyl or cyclic N) is 1. The molecule has 1 unspecified atom stereocenters. The van der Waals surface area contributed by atoms with Gasteiger partial charge in [-0.15, -0.1) is 0 Å². The number of para-hydroxylation sites is 1. The summed E-state index contributed by atoms with van der Waals surface area (Å²) >= 11 is 6.09. The largest absolute Gasteiger partial charge is 0.390 e. The molecule has 0 saturated carbocycles. The quantitative estimate of drug-likeness (QED) is 0.493. The van der Waals surface area contributed by atoms with Crippen molar-refractivity contribution in [1.82, 2.24) is 19.0 Å². The van der Waals surface area contributed by atoms with Gasteiger partial charge in [0.25, 0.3) is 0 Å². The Bertz CT molecular complexity index is 1350. The maximum absolute atomic E-state index is 12.3. The Hall–Kier alpha value is -2.43. The predicted octanol–water partition coefficient (Wildman–Crippen LogP) is 3.01. The predicted molar refractivity (Wildman–Crippen MR) is 147 cm³/mol. The number of piperazine rings is 1. The number of rotatable bonds is 7. The van der Waals surface area contributed by atoms with Gasteiger partial charge in [-0.3, -0.25) is 9.58 Å². The molecule has 0 spiro atoms. The van der Waals surface area contributed by atoms with Crippen molar-refractivity contribution in [2.75, 3.05) is 50.4 Å². The Morgan fingerprint density at radius 2 is 1.70 bits per heavy atom. The molecule has 0 bridgehead atoms. The molecule has 2 aliphatic rings. The molecular formula is C27H34ClN5O3S. The number of aliphatic hydroxyl groups is 1. The van der Waals surface area contributed by atoms with Gasteiger partial charge in [-0.2, -0.15) is 9.40 Å². The van der Waals surface area contributed by atoms with E-state index in [-0.39, 0.29) is 6.54 Å².